The van der Waals surface area contributed by atoms with Crippen LogP contribution in [0.15, 0.2) is 23.3 Å². The van der Waals surface area contributed by atoms with E-state index < -0.39 is 0 Å². The first kappa shape index (κ1) is 11.4. The Morgan fingerprint density at radius 2 is 2.19 bits per heavy atom. The monoisotopic (exact) mass is 275 g/mol. The summed E-state index contributed by atoms with van der Waals surface area (Å²) in [5, 5.41) is 0.0328. The maximum atomic E-state index is 11.7. The Hall–Kier alpha value is -1.04. The fraction of sp³-hybridized carbons (Fsp3) is 0.111. The number of aromatic nitrogens is 2. The first-order valence-corrected chi connectivity index (χ1v) is 5.90. The molecule has 2 aromatic rings. The van der Waals surface area contributed by atoms with Gasteiger partial charge in [-0.3, -0.25) is 9.36 Å². The van der Waals surface area contributed by atoms with Crippen LogP contribution >= 0.6 is 34.5 Å². The van der Waals surface area contributed by atoms with Crippen LogP contribution in [-0.2, 0) is 6.54 Å². The van der Waals surface area contributed by atoms with Gasteiger partial charge in [0.05, 0.1) is 17.2 Å². The number of anilines is 1. The molecule has 0 unspecified atom stereocenters. The van der Waals surface area contributed by atoms with Gasteiger partial charge in [0.25, 0.3) is 5.56 Å². The molecule has 16 heavy (non-hydrogen) atoms. The Balaban J connectivity index is 2.36. The van der Waals surface area contributed by atoms with Gasteiger partial charge in [-0.2, -0.15) is 0 Å². The first-order valence-electron chi connectivity index (χ1n) is 4.32. The van der Waals surface area contributed by atoms with Crippen molar-refractivity contribution >= 4 is 40.2 Å². The van der Waals surface area contributed by atoms with Crippen LogP contribution in [0.25, 0.3) is 0 Å². The van der Waals surface area contributed by atoms with Crippen molar-refractivity contribution < 1.29 is 0 Å². The van der Waals surface area contributed by atoms with Crippen LogP contribution in [0.4, 0.5) is 5.69 Å². The van der Waals surface area contributed by atoms with E-state index in [-0.39, 0.29) is 16.4 Å². The molecule has 84 valence electrons. The van der Waals surface area contributed by atoms with Crippen LogP contribution in [0.3, 0.4) is 0 Å². The predicted octanol–water partition coefficient (Wildman–Crippen LogP) is 2.24. The molecule has 0 saturated carbocycles. The summed E-state index contributed by atoms with van der Waals surface area (Å²) in [6, 6.07) is 3.63. The lowest BCUT2D eigenvalue weighted by atomic mass is 10.4. The molecule has 2 rings (SSSR count). The third-order valence-electron chi connectivity index (χ3n) is 1.98. The number of halogens is 2. The molecule has 0 aliphatic rings. The normalized spacial score (nSPS) is 10.6. The van der Waals surface area contributed by atoms with Crippen molar-refractivity contribution in [2.45, 2.75) is 6.54 Å². The number of nitrogens with two attached hydrogens (primary N) is 1. The van der Waals surface area contributed by atoms with Gasteiger partial charge in [0.15, 0.2) is 5.15 Å². The molecule has 0 fully saturated rings. The van der Waals surface area contributed by atoms with Crippen LogP contribution in [0.2, 0.25) is 9.49 Å². The van der Waals surface area contributed by atoms with Crippen LogP contribution in [0.5, 0.6) is 0 Å². The van der Waals surface area contributed by atoms with Gasteiger partial charge in [0.2, 0.25) is 0 Å². The summed E-state index contributed by atoms with van der Waals surface area (Å²) >= 11 is 12.8. The predicted molar refractivity (Wildman–Crippen MR) is 66.4 cm³/mol. The van der Waals surface area contributed by atoms with Crippen LogP contribution in [0.1, 0.15) is 4.88 Å². The first-order chi connectivity index (χ1) is 7.58. The lowest BCUT2D eigenvalue weighted by Crippen LogP contribution is -2.23. The Labute approximate surface area is 105 Å². The molecule has 0 aliphatic carbocycles. The van der Waals surface area contributed by atoms with E-state index in [1.807, 2.05) is 6.07 Å². The van der Waals surface area contributed by atoms with E-state index in [1.165, 1.54) is 22.2 Å². The molecule has 0 atom stereocenters. The quantitative estimate of drug-likeness (QED) is 0.856. The second-order valence-electron chi connectivity index (χ2n) is 3.09. The topological polar surface area (TPSA) is 60.9 Å². The molecular formula is C9H7Cl2N3OS. The number of nitrogens with zero attached hydrogens (tertiary/aromatic N) is 2. The fourth-order valence-corrected chi connectivity index (χ4v) is 2.41. The van der Waals surface area contributed by atoms with Gasteiger partial charge in [0.1, 0.15) is 5.69 Å². The summed E-state index contributed by atoms with van der Waals surface area (Å²) in [5.74, 6) is 0. The van der Waals surface area contributed by atoms with Crippen molar-refractivity contribution in [3.05, 3.63) is 43.2 Å². The Morgan fingerprint density at radius 1 is 1.44 bits per heavy atom. The second-order valence-corrected chi connectivity index (χ2v) is 5.25. The third kappa shape index (κ3) is 2.21. The number of thiophene rings is 1. The smallest absolute Gasteiger partial charge is 0.278 e. The number of hydrogen-bond acceptors (Lipinski definition) is 4. The van der Waals surface area contributed by atoms with Crippen LogP contribution < -0.4 is 11.3 Å². The minimum absolute atomic E-state index is 0.0328. The van der Waals surface area contributed by atoms with E-state index >= 15 is 0 Å². The van der Waals surface area contributed by atoms with Gasteiger partial charge in [-0.1, -0.05) is 23.2 Å². The highest BCUT2D eigenvalue weighted by atomic mass is 35.5. The van der Waals surface area contributed by atoms with E-state index in [2.05, 4.69) is 4.98 Å². The van der Waals surface area contributed by atoms with Gasteiger partial charge in [0, 0.05) is 4.88 Å². The van der Waals surface area contributed by atoms with Crippen molar-refractivity contribution in [1.82, 2.24) is 9.55 Å². The Morgan fingerprint density at radius 3 is 2.81 bits per heavy atom. The largest absolute Gasteiger partial charge is 0.392 e. The molecular weight excluding hydrogens is 269 g/mol. The lowest BCUT2D eigenvalue weighted by molar-refractivity contribution is 0.749. The average Bonchev–Trinajstić information content (AvgIpc) is 2.65. The lowest BCUT2D eigenvalue weighted by Gasteiger charge is -2.04. The number of hydrogen-bond donors (Lipinski definition) is 1. The molecule has 0 bridgehead atoms. The van der Waals surface area contributed by atoms with Crippen molar-refractivity contribution in [3.8, 4) is 0 Å². The second kappa shape index (κ2) is 4.45. The zero-order valence-corrected chi connectivity index (χ0v) is 10.3. The molecule has 4 nitrogen and oxygen atoms in total. The summed E-state index contributed by atoms with van der Waals surface area (Å²) in [5.41, 5.74) is 5.11. The van der Waals surface area contributed by atoms with Crippen molar-refractivity contribution in [3.63, 3.8) is 0 Å². The van der Waals surface area contributed by atoms with Crippen LogP contribution in [0, 0.1) is 0 Å². The molecule has 7 heteroatoms. The fourth-order valence-electron chi connectivity index (χ4n) is 1.20. The summed E-state index contributed by atoms with van der Waals surface area (Å²) in [6.07, 6.45) is 1.37. The molecule has 0 spiro atoms. The van der Waals surface area contributed by atoms with Gasteiger partial charge in [-0.05, 0) is 12.1 Å². The molecule has 2 heterocycles. The Bertz CT molecular complexity index is 578. The van der Waals surface area contributed by atoms with Crippen molar-refractivity contribution in [1.29, 1.82) is 0 Å². The summed E-state index contributed by atoms with van der Waals surface area (Å²) in [4.78, 5) is 16.5. The highest BCUT2D eigenvalue weighted by Crippen LogP contribution is 2.21. The van der Waals surface area contributed by atoms with Crippen molar-refractivity contribution in [2.75, 3.05) is 5.73 Å². The highest BCUT2D eigenvalue weighted by Gasteiger charge is 2.07. The van der Waals surface area contributed by atoms with Gasteiger partial charge < -0.3 is 5.73 Å². The maximum absolute atomic E-state index is 11.7. The van der Waals surface area contributed by atoms with E-state index in [0.717, 1.165) is 4.88 Å². The third-order valence-corrected chi connectivity index (χ3v) is 3.50. The van der Waals surface area contributed by atoms with Gasteiger partial charge in [-0.15, -0.1) is 11.3 Å². The molecule has 0 aromatic carbocycles. The van der Waals surface area contributed by atoms with Gasteiger partial charge >= 0.3 is 0 Å². The SMILES string of the molecule is Nc1c(Cl)ncn(Cc2ccc(Cl)s2)c1=O. The van der Waals surface area contributed by atoms with E-state index in [4.69, 9.17) is 28.9 Å². The molecule has 2 aromatic heterocycles. The molecule has 0 aliphatic heterocycles. The number of nitrogen functional groups attached to an aromatic ring is 1. The molecule has 0 radical (unpaired) electrons. The molecule has 0 saturated heterocycles. The minimum Gasteiger partial charge on any atom is -0.392 e. The maximum Gasteiger partial charge on any atom is 0.278 e. The number of rotatable bonds is 2. The van der Waals surface area contributed by atoms with Crippen molar-refractivity contribution in [2.24, 2.45) is 0 Å². The summed E-state index contributed by atoms with van der Waals surface area (Å²) in [7, 11) is 0. The summed E-state index contributed by atoms with van der Waals surface area (Å²) in [6.45, 7) is 0.393. The molecule has 0 amide bonds. The highest BCUT2D eigenvalue weighted by molar-refractivity contribution is 7.16. The molecule has 2 N–H and O–H groups in total. The van der Waals surface area contributed by atoms with Gasteiger partial charge in [-0.25, -0.2) is 4.98 Å². The summed E-state index contributed by atoms with van der Waals surface area (Å²) < 4.78 is 2.07. The van der Waals surface area contributed by atoms with Crippen LogP contribution in [-0.4, -0.2) is 9.55 Å². The zero-order valence-electron chi connectivity index (χ0n) is 7.98. The Kier molecular flexibility index (Phi) is 3.18. The van der Waals surface area contributed by atoms with E-state index in [1.54, 1.807) is 6.07 Å². The van der Waals surface area contributed by atoms with E-state index in [9.17, 15) is 4.79 Å². The zero-order chi connectivity index (χ0) is 11.7. The minimum atomic E-state index is -0.343. The standard InChI is InChI=1S/C9H7Cl2N3OS/c10-6-2-1-5(16-6)3-14-4-13-8(11)7(12)9(14)15/h1-2,4H,3,12H2. The average molecular weight is 276 g/mol. The van der Waals surface area contributed by atoms with E-state index in [0.29, 0.717) is 10.9 Å².